The molecule has 0 aromatic heterocycles. The Balaban J connectivity index is 2.86. The molecule has 1 aromatic rings. The lowest BCUT2D eigenvalue weighted by Gasteiger charge is -2.19. The topological polar surface area (TPSA) is 125 Å². The number of hydrogen-bond donors (Lipinski definition) is 1. The molecule has 0 bridgehead atoms. The van der Waals surface area contributed by atoms with Gasteiger partial charge in [0.15, 0.2) is 0 Å². The van der Waals surface area contributed by atoms with Crippen molar-refractivity contribution in [2.24, 2.45) is 0 Å². The number of hydrogen-bond acceptors (Lipinski definition) is 7. The van der Waals surface area contributed by atoms with E-state index in [0.29, 0.717) is 0 Å². The molecule has 0 saturated heterocycles. The van der Waals surface area contributed by atoms with Gasteiger partial charge in [0, 0.05) is 6.07 Å². The van der Waals surface area contributed by atoms with Crippen LogP contribution >= 0.6 is 0 Å². The number of nitrogens with zero attached hydrogens (tertiary/aromatic N) is 2. The lowest BCUT2D eigenvalue weighted by molar-refractivity contribution is -0.393. The van der Waals surface area contributed by atoms with E-state index in [9.17, 15) is 25.0 Å². The largest absolute Gasteiger partial charge is 0.459 e. The van der Waals surface area contributed by atoms with Crippen LogP contribution in [-0.4, -0.2) is 28.0 Å². The zero-order valence-electron chi connectivity index (χ0n) is 11.8. The second kappa shape index (κ2) is 6.16. The van der Waals surface area contributed by atoms with Gasteiger partial charge in [-0.1, -0.05) is 0 Å². The fourth-order valence-corrected chi connectivity index (χ4v) is 1.48. The minimum atomic E-state index is -0.759. The van der Waals surface area contributed by atoms with Gasteiger partial charge < -0.3 is 10.1 Å². The maximum atomic E-state index is 11.5. The number of benzene rings is 1. The molecule has 0 spiro atoms. The van der Waals surface area contributed by atoms with Gasteiger partial charge in [-0.3, -0.25) is 25.0 Å². The van der Waals surface area contributed by atoms with E-state index in [4.69, 9.17) is 4.74 Å². The molecule has 21 heavy (non-hydrogen) atoms. The summed E-state index contributed by atoms with van der Waals surface area (Å²) < 4.78 is 5.04. The summed E-state index contributed by atoms with van der Waals surface area (Å²) in [5, 5.41) is 24.0. The Hall–Kier alpha value is -2.71. The number of anilines is 1. The minimum Gasteiger partial charge on any atom is -0.459 e. The van der Waals surface area contributed by atoms with Gasteiger partial charge in [0.1, 0.15) is 17.8 Å². The van der Waals surface area contributed by atoms with Gasteiger partial charge in [-0.2, -0.15) is 0 Å². The average Bonchev–Trinajstić information content (AvgIpc) is 2.33. The highest BCUT2D eigenvalue weighted by Crippen LogP contribution is 2.28. The normalized spacial score (nSPS) is 10.8. The van der Waals surface area contributed by atoms with Crippen LogP contribution in [0.15, 0.2) is 18.2 Å². The first kappa shape index (κ1) is 16.3. The molecule has 9 nitrogen and oxygen atoms in total. The fourth-order valence-electron chi connectivity index (χ4n) is 1.48. The third-order valence-corrected chi connectivity index (χ3v) is 2.23. The number of esters is 1. The van der Waals surface area contributed by atoms with E-state index < -0.39 is 32.8 Å². The standard InChI is InChI=1S/C12H15N3O6/c1-12(2,3)21-11(16)7-13-9-5-4-8(14(17)18)6-10(9)15(19)20/h4-6,13H,7H2,1-3H3. The monoisotopic (exact) mass is 297 g/mol. The van der Waals surface area contributed by atoms with E-state index in [2.05, 4.69) is 5.32 Å². The maximum absolute atomic E-state index is 11.5. The van der Waals surface area contributed by atoms with Crippen molar-refractivity contribution >= 4 is 23.0 Å². The van der Waals surface area contributed by atoms with Crippen LogP contribution < -0.4 is 5.32 Å². The molecule has 1 N–H and O–H groups in total. The number of nitro benzene ring substituents is 2. The summed E-state index contributed by atoms with van der Waals surface area (Å²) in [6.45, 7) is 4.80. The van der Waals surface area contributed by atoms with Crippen molar-refractivity contribution in [2.45, 2.75) is 26.4 Å². The first-order valence-electron chi connectivity index (χ1n) is 5.99. The lowest BCUT2D eigenvalue weighted by Crippen LogP contribution is -2.28. The highest BCUT2D eigenvalue weighted by molar-refractivity contribution is 5.77. The molecule has 0 saturated carbocycles. The maximum Gasteiger partial charge on any atom is 0.325 e. The van der Waals surface area contributed by atoms with Crippen molar-refractivity contribution in [1.29, 1.82) is 0 Å². The molecule has 0 aliphatic rings. The quantitative estimate of drug-likeness (QED) is 0.502. The molecule has 9 heteroatoms. The van der Waals surface area contributed by atoms with E-state index >= 15 is 0 Å². The number of non-ortho nitro benzene ring substituents is 1. The fraction of sp³-hybridized carbons (Fsp3) is 0.417. The summed E-state index contributed by atoms with van der Waals surface area (Å²) in [5.74, 6) is -0.588. The van der Waals surface area contributed by atoms with Crippen molar-refractivity contribution in [3.05, 3.63) is 38.4 Å². The van der Waals surface area contributed by atoms with Crippen LogP contribution in [0.4, 0.5) is 17.1 Å². The highest BCUT2D eigenvalue weighted by atomic mass is 16.6. The molecule has 114 valence electrons. The van der Waals surface area contributed by atoms with Crippen molar-refractivity contribution in [2.75, 3.05) is 11.9 Å². The summed E-state index contributed by atoms with van der Waals surface area (Å²) in [5.41, 5.74) is -1.53. The van der Waals surface area contributed by atoms with Crippen molar-refractivity contribution < 1.29 is 19.4 Å². The van der Waals surface area contributed by atoms with E-state index in [1.54, 1.807) is 20.8 Å². The molecular formula is C12H15N3O6. The zero-order chi connectivity index (χ0) is 16.2. The van der Waals surface area contributed by atoms with Gasteiger partial charge in [-0.15, -0.1) is 0 Å². The average molecular weight is 297 g/mol. The second-order valence-electron chi connectivity index (χ2n) is 5.16. The molecule has 1 aromatic carbocycles. The van der Waals surface area contributed by atoms with Gasteiger partial charge in [-0.05, 0) is 26.8 Å². The van der Waals surface area contributed by atoms with E-state index in [-0.39, 0.29) is 12.2 Å². The van der Waals surface area contributed by atoms with Gasteiger partial charge in [-0.25, -0.2) is 0 Å². The predicted molar refractivity (Wildman–Crippen MR) is 74.1 cm³/mol. The summed E-state index contributed by atoms with van der Waals surface area (Å²) in [6, 6.07) is 3.13. The molecule has 0 heterocycles. The summed E-state index contributed by atoms with van der Waals surface area (Å²) in [6.07, 6.45) is 0. The number of carbonyl (C=O) groups excluding carboxylic acids is 1. The molecule has 0 fully saturated rings. The first-order chi connectivity index (χ1) is 9.60. The Morgan fingerprint density at radius 2 is 1.86 bits per heavy atom. The lowest BCUT2D eigenvalue weighted by atomic mass is 10.2. The Morgan fingerprint density at radius 1 is 1.24 bits per heavy atom. The van der Waals surface area contributed by atoms with Crippen LogP contribution in [0.2, 0.25) is 0 Å². The number of nitrogens with one attached hydrogen (secondary N) is 1. The summed E-state index contributed by atoms with van der Waals surface area (Å²) in [4.78, 5) is 31.5. The van der Waals surface area contributed by atoms with Gasteiger partial charge in [0.2, 0.25) is 0 Å². The van der Waals surface area contributed by atoms with Crippen LogP contribution in [0.1, 0.15) is 20.8 Å². The third-order valence-electron chi connectivity index (χ3n) is 2.23. The van der Waals surface area contributed by atoms with Gasteiger partial charge in [0.05, 0.1) is 15.9 Å². The van der Waals surface area contributed by atoms with E-state index in [0.717, 1.165) is 12.1 Å². The Kier molecular flexibility index (Phi) is 4.79. The zero-order valence-corrected chi connectivity index (χ0v) is 11.8. The number of rotatable bonds is 5. The van der Waals surface area contributed by atoms with Crippen LogP contribution in [-0.2, 0) is 9.53 Å². The number of nitro groups is 2. The van der Waals surface area contributed by atoms with Crippen molar-refractivity contribution in [1.82, 2.24) is 0 Å². The highest BCUT2D eigenvalue weighted by Gasteiger charge is 2.21. The number of carbonyl (C=O) groups is 1. The second-order valence-corrected chi connectivity index (χ2v) is 5.16. The van der Waals surface area contributed by atoms with E-state index in [1.165, 1.54) is 6.07 Å². The Labute approximate surface area is 120 Å². The van der Waals surface area contributed by atoms with Gasteiger partial charge >= 0.3 is 5.97 Å². The van der Waals surface area contributed by atoms with Crippen LogP contribution in [0.5, 0.6) is 0 Å². The molecule has 0 radical (unpaired) electrons. The molecule has 0 aliphatic heterocycles. The molecule has 0 atom stereocenters. The molecule has 0 unspecified atom stereocenters. The molecule has 0 aliphatic carbocycles. The minimum absolute atomic E-state index is 0.0106. The van der Waals surface area contributed by atoms with Crippen LogP contribution in [0, 0.1) is 20.2 Å². The van der Waals surface area contributed by atoms with Crippen molar-refractivity contribution in [3.8, 4) is 0 Å². The molecule has 0 amide bonds. The number of ether oxygens (including phenoxy) is 1. The SMILES string of the molecule is CC(C)(C)OC(=O)CNc1ccc([N+](=O)[O-])cc1[N+](=O)[O-]. The smallest absolute Gasteiger partial charge is 0.325 e. The van der Waals surface area contributed by atoms with Crippen LogP contribution in [0.3, 0.4) is 0 Å². The predicted octanol–water partition coefficient (Wildman–Crippen LogP) is 2.26. The molecule has 1 rings (SSSR count). The Morgan fingerprint density at radius 3 is 2.33 bits per heavy atom. The van der Waals surface area contributed by atoms with E-state index in [1.807, 2.05) is 0 Å². The van der Waals surface area contributed by atoms with Gasteiger partial charge in [0.25, 0.3) is 11.4 Å². The summed E-state index contributed by atoms with van der Waals surface area (Å²) in [7, 11) is 0. The van der Waals surface area contributed by atoms with Crippen LogP contribution in [0.25, 0.3) is 0 Å². The molecular weight excluding hydrogens is 282 g/mol. The Bertz CT molecular complexity index is 579. The van der Waals surface area contributed by atoms with Crippen molar-refractivity contribution in [3.63, 3.8) is 0 Å². The third kappa shape index (κ3) is 5.05. The first-order valence-corrected chi connectivity index (χ1v) is 5.99. The summed E-state index contributed by atoms with van der Waals surface area (Å²) >= 11 is 0.